The van der Waals surface area contributed by atoms with Crippen LogP contribution in [0.2, 0.25) is 0 Å². The van der Waals surface area contributed by atoms with E-state index in [-0.39, 0.29) is 41.0 Å². The van der Waals surface area contributed by atoms with Crippen LogP contribution in [0.15, 0.2) is 47.8 Å². The van der Waals surface area contributed by atoms with Gasteiger partial charge in [0.05, 0.1) is 27.9 Å². The number of amides is 2. The first-order chi connectivity index (χ1) is 18.8. The van der Waals surface area contributed by atoms with Gasteiger partial charge in [0.15, 0.2) is 0 Å². The number of piperidine rings is 1. The predicted molar refractivity (Wildman–Crippen MR) is 154 cm³/mol. The molecule has 214 valence electrons. The number of carbonyl (C=O) groups excluding carboxylic acids is 2. The number of carbonyl (C=O) groups is 2. The number of phenolic OH excluding ortho intramolecular Hbond substituents is 1. The van der Waals surface area contributed by atoms with Gasteiger partial charge in [-0.1, -0.05) is 12.6 Å². The van der Waals surface area contributed by atoms with E-state index in [2.05, 4.69) is 11.6 Å². The Labute approximate surface area is 236 Å². The number of nitrogens with one attached hydrogen (secondary N) is 1. The Morgan fingerprint density at radius 2 is 1.82 bits per heavy atom. The number of aliphatic hydroxyl groups is 2. The third kappa shape index (κ3) is 6.83. The Morgan fingerprint density at radius 1 is 1.15 bits per heavy atom. The van der Waals surface area contributed by atoms with Gasteiger partial charge in [-0.15, -0.1) is 11.3 Å². The summed E-state index contributed by atoms with van der Waals surface area (Å²) in [5, 5.41) is 31.5. The van der Waals surface area contributed by atoms with Gasteiger partial charge in [0.25, 0.3) is 5.91 Å². The molecule has 10 nitrogen and oxygen atoms in total. The van der Waals surface area contributed by atoms with Gasteiger partial charge in [-0.05, 0) is 69.4 Å². The molecule has 0 unspecified atom stereocenters. The summed E-state index contributed by atoms with van der Waals surface area (Å²) in [4.78, 5) is 44.8. The van der Waals surface area contributed by atoms with Crippen molar-refractivity contribution in [1.82, 2.24) is 14.8 Å². The van der Waals surface area contributed by atoms with Crippen molar-refractivity contribution in [3.8, 4) is 5.75 Å². The van der Waals surface area contributed by atoms with Gasteiger partial charge < -0.3 is 34.8 Å². The summed E-state index contributed by atoms with van der Waals surface area (Å²) in [6.07, 6.45) is -0.348. The summed E-state index contributed by atoms with van der Waals surface area (Å²) < 4.78 is 5.64. The predicted octanol–water partition coefficient (Wildman–Crippen LogP) is 4.65. The fourth-order valence-electron chi connectivity index (χ4n) is 4.80. The largest absolute Gasteiger partial charge is 0.507 e. The number of likely N-dealkylation sites (tertiary alicyclic amines) is 1. The maximum atomic E-state index is 13.2. The number of nitrogens with zero attached hydrogens (tertiary/aromatic N) is 2. The number of aromatic nitrogens is 1. The lowest BCUT2D eigenvalue weighted by Crippen LogP contribution is -2.45. The quantitative estimate of drug-likeness (QED) is 0.303. The topological polar surface area (TPSA) is 143 Å². The van der Waals surface area contributed by atoms with E-state index < -0.39 is 17.8 Å². The van der Waals surface area contributed by atoms with Crippen LogP contribution in [0.4, 0.5) is 4.79 Å². The number of fused-ring (bicyclic) bond motifs is 1. The van der Waals surface area contributed by atoms with Crippen LogP contribution in [0, 0.1) is 5.92 Å². The van der Waals surface area contributed by atoms with Gasteiger partial charge in [0.1, 0.15) is 17.1 Å². The molecule has 1 saturated heterocycles. The molecule has 0 bridgehead atoms. The zero-order valence-electron chi connectivity index (χ0n) is 22.8. The van der Waals surface area contributed by atoms with Gasteiger partial charge in [0.2, 0.25) is 5.56 Å². The normalized spacial score (nSPS) is 15.2. The van der Waals surface area contributed by atoms with E-state index in [1.54, 1.807) is 43.9 Å². The van der Waals surface area contributed by atoms with Crippen molar-refractivity contribution in [2.45, 2.75) is 45.3 Å². The Bertz CT molecular complexity index is 1460. The van der Waals surface area contributed by atoms with Gasteiger partial charge in [-0.2, -0.15) is 0 Å². The maximum absolute atomic E-state index is 13.2. The van der Waals surface area contributed by atoms with Crippen LogP contribution in [-0.2, 0) is 4.74 Å². The highest BCUT2D eigenvalue weighted by Gasteiger charge is 2.31. The lowest BCUT2D eigenvalue weighted by Gasteiger charge is -2.36. The van der Waals surface area contributed by atoms with Gasteiger partial charge in [-0.25, -0.2) is 4.79 Å². The van der Waals surface area contributed by atoms with E-state index in [1.807, 2.05) is 0 Å². The first-order valence-electron chi connectivity index (χ1n) is 13.1. The van der Waals surface area contributed by atoms with Crippen molar-refractivity contribution >= 4 is 40.0 Å². The molecule has 4 N–H and O–H groups in total. The highest BCUT2D eigenvalue weighted by atomic mass is 32.1. The maximum Gasteiger partial charge on any atom is 0.410 e. The molecule has 0 aliphatic carbocycles. The van der Waals surface area contributed by atoms with Crippen LogP contribution in [0.25, 0.3) is 16.7 Å². The first-order valence-corrected chi connectivity index (χ1v) is 13.9. The Morgan fingerprint density at radius 3 is 2.45 bits per heavy atom. The average Bonchev–Trinajstić information content (AvgIpc) is 3.39. The summed E-state index contributed by atoms with van der Waals surface area (Å²) in [5.41, 5.74) is -0.446. The molecule has 11 heteroatoms. The molecular weight excluding hydrogens is 534 g/mol. The summed E-state index contributed by atoms with van der Waals surface area (Å²) in [6.45, 7) is 10.1. The molecule has 2 amide bonds. The zero-order chi connectivity index (χ0) is 29.2. The molecule has 1 aliphatic heterocycles. The number of rotatable bonds is 7. The molecule has 0 saturated carbocycles. The molecule has 3 aromatic rings. The fourth-order valence-corrected chi connectivity index (χ4v) is 5.64. The second kappa shape index (κ2) is 11.7. The van der Waals surface area contributed by atoms with Crippen molar-refractivity contribution in [2.24, 2.45) is 5.92 Å². The molecule has 1 atom stereocenters. The lowest BCUT2D eigenvalue weighted by molar-refractivity contribution is 0.00812. The minimum atomic E-state index is -1.11. The molecule has 40 heavy (non-hydrogen) atoms. The number of aliphatic hydroxyl groups excluding tert-OH is 2. The van der Waals surface area contributed by atoms with Gasteiger partial charge in [0, 0.05) is 31.1 Å². The SMILES string of the molecule is C=C(O)c1ccc(C(=O)N2CCC(CN(C[C@H](O)c3ccc(O)c4[nH]c(=O)ccc34)C(=O)OC(C)(C)C)CC2)s1. The Balaban J connectivity index is 1.47. The Kier molecular flexibility index (Phi) is 8.55. The van der Waals surface area contributed by atoms with Crippen molar-refractivity contribution in [1.29, 1.82) is 0 Å². The van der Waals surface area contributed by atoms with Crippen LogP contribution >= 0.6 is 11.3 Å². The molecule has 4 rings (SSSR count). The molecular formula is C29H35N3O7S. The van der Waals surface area contributed by atoms with Crippen LogP contribution in [0.3, 0.4) is 0 Å². The first kappa shape index (κ1) is 29.2. The van der Waals surface area contributed by atoms with E-state index in [0.717, 1.165) is 0 Å². The summed E-state index contributed by atoms with van der Waals surface area (Å²) >= 11 is 1.20. The summed E-state index contributed by atoms with van der Waals surface area (Å²) in [6, 6.07) is 9.17. The zero-order valence-corrected chi connectivity index (χ0v) is 23.7. The number of phenols is 1. The molecule has 0 radical (unpaired) electrons. The standard InChI is InChI=1S/C29H35N3O7S/c1-17(33)23-8-9-24(40-23)27(37)31-13-11-18(12-14-31)15-32(28(38)39-29(2,3)4)16-22(35)19-5-7-21(34)26-20(19)6-10-25(36)30-26/h5-10,18,22,33-35H,1,11-16H2,2-4H3,(H,30,36)/t22-/m0/s1. The minimum absolute atomic E-state index is 0.0594. The van der Waals surface area contributed by atoms with Crippen LogP contribution in [0.5, 0.6) is 5.75 Å². The van der Waals surface area contributed by atoms with E-state index in [0.29, 0.717) is 53.2 Å². The monoisotopic (exact) mass is 569 g/mol. The number of hydrogen-bond acceptors (Lipinski definition) is 8. The van der Waals surface area contributed by atoms with E-state index in [9.17, 15) is 29.7 Å². The highest BCUT2D eigenvalue weighted by Crippen LogP contribution is 2.31. The van der Waals surface area contributed by atoms with Crippen molar-refractivity contribution in [3.05, 3.63) is 68.6 Å². The van der Waals surface area contributed by atoms with Gasteiger partial charge >= 0.3 is 6.09 Å². The number of aromatic amines is 1. The summed E-state index contributed by atoms with van der Waals surface area (Å²) in [5.74, 6) is -0.213. The van der Waals surface area contributed by atoms with Crippen LogP contribution in [-0.4, -0.2) is 73.9 Å². The number of pyridine rings is 1. The third-order valence-corrected chi connectivity index (χ3v) is 7.91. The highest BCUT2D eigenvalue weighted by molar-refractivity contribution is 7.15. The molecule has 3 heterocycles. The average molecular weight is 570 g/mol. The van der Waals surface area contributed by atoms with E-state index in [1.165, 1.54) is 34.4 Å². The third-order valence-electron chi connectivity index (χ3n) is 6.79. The van der Waals surface area contributed by atoms with Crippen LogP contribution in [0.1, 0.15) is 59.8 Å². The fraction of sp³-hybridized carbons (Fsp3) is 0.414. The van der Waals surface area contributed by atoms with E-state index in [4.69, 9.17) is 4.74 Å². The number of ether oxygens (including phenoxy) is 1. The smallest absolute Gasteiger partial charge is 0.410 e. The molecule has 2 aromatic heterocycles. The summed E-state index contributed by atoms with van der Waals surface area (Å²) in [7, 11) is 0. The van der Waals surface area contributed by atoms with Gasteiger partial charge in [-0.3, -0.25) is 9.59 Å². The molecule has 1 aliphatic rings. The number of hydrogen-bond donors (Lipinski definition) is 4. The molecule has 1 aromatic carbocycles. The number of aromatic hydroxyl groups is 1. The van der Waals surface area contributed by atoms with Crippen molar-refractivity contribution < 1.29 is 29.6 Å². The van der Waals surface area contributed by atoms with Crippen molar-refractivity contribution in [3.63, 3.8) is 0 Å². The number of H-pyrrole nitrogens is 1. The van der Waals surface area contributed by atoms with Crippen LogP contribution < -0.4 is 5.56 Å². The molecule has 0 spiro atoms. The lowest BCUT2D eigenvalue weighted by atomic mass is 9.95. The molecule has 1 fully saturated rings. The van der Waals surface area contributed by atoms with E-state index >= 15 is 0 Å². The second-order valence-corrected chi connectivity index (χ2v) is 12.1. The van der Waals surface area contributed by atoms with Crippen molar-refractivity contribution in [2.75, 3.05) is 26.2 Å². The Hall–Kier alpha value is -3.83. The second-order valence-electron chi connectivity index (χ2n) is 11.0. The minimum Gasteiger partial charge on any atom is -0.507 e. The number of benzene rings is 1. The number of thiophene rings is 1.